The van der Waals surface area contributed by atoms with E-state index in [9.17, 15) is 10.2 Å². The van der Waals surface area contributed by atoms with Gasteiger partial charge in [0.1, 0.15) is 5.60 Å². The lowest BCUT2D eigenvalue weighted by Gasteiger charge is -2.58. The van der Waals surface area contributed by atoms with Crippen molar-refractivity contribution in [3.05, 3.63) is 47.5 Å². The Morgan fingerprint density at radius 1 is 0.966 bits per heavy atom. The summed E-state index contributed by atoms with van der Waals surface area (Å²) in [5.74, 6) is 8.49. The van der Waals surface area contributed by atoms with E-state index in [0.717, 1.165) is 50.5 Å². The van der Waals surface area contributed by atoms with E-state index >= 15 is 0 Å². The van der Waals surface area contributed by atoms with Crippen LogP contribution in [0, 0.1) is 40.4 Å². The second kappa shape index (κ2) is 6.73. The third-order valence-electron chi connectivity index (χ3n) is 9.42. The lowest BCUT2D eigenvalue weighted by molar-refractivity contribution is -0.0970. The van der Waals surface area contributed by atoms with E-state index in [1.165, 1.54) is 12.0 Å². The van der Waals surface area contributed by atoms with Gasteiger partial charge in [-0.05, 0) is 86.7 Å². The van der Waals surface area contributed by atoms with Gasteiger partial charge in [-0.15, -0.1) is 0 Å². The fourth-order valence-electron chi connectivity index (χ4n) is 7.56. The van der Waals surface area contributed by atoms with Crippen LogP contribution < -0.4 is 0 Å². The first kappa shape index (κ1) is 19.4. The fourth-order valence-corrected chi connectivity index (χ4v) is 7.56. The molecule has 0 aromatic heterocycles. The summed E-state index contributed by atoms with van der Waals surface area (Å²) in [7, 11) is 0. The van der Waals surface area contributed by atoms with E-state index in [-0.39, 0.29) is 16.9 Å². The highest BCUT2D eigenvalue weighted by Crippen LogP contribution is 2.67. The number of hydrogen-bond donors (Lipinski definition) is 2. The fraction of sp³-hybridized carbons (Fsp3) is 0.630. The molecule has 1 aromatic rings. The number of aliphatic hydroxyl groups is 2. The molecule has 7 atom stereocenters. The Labute approximate surface area is 175 Å². The molecule has 0 saturated heterocycles. The number of rotatable bonds is 0. The summed E-state index contributed by atoms with van der Waals surface area (Å²) in [6.45, 7) is 4.77. The van der Waals surface area contributed by atoms with Gasteiger partial charge in [-0.3, -0.25) is 0 Å². The summed E-state index contributed by atoms with van der Waals surface area (Å²) in [5, 5.41) is 21.9. The Bertz CT molecular complexity index is 877. The van der Waals surface area contributed by atoms with Gasteiger partial charge in [0.05, 0.1) is 6.10 Å². The lowest BCUT2D eigenvalue weighted by Crippen LogP contribution is -2.54. The van der Waals surface area contributed by atoms with Crippen LogP contribution in [0.25, 0.3) is 0 Å². The molecule has 2 nitrogen and oxygen atoms in total. The van der Waals surface area contributed by atoms with Gasteiger partial charge in [-0.2, -0.15) is 0 Å². The molecule has 2 N–H and O–H groups in total. The molecular weight excluding hydrogens is 356 g/mol. The standard InChI is InChI=1S/C27H34O2/c1-25-14-11-21(28)18-20(25)8-9-22-23(25)12-15-26(2)24(22)13-17-27(26,29)16-10-19-6-4-3-5-7-19/h3-8,21-24,28-29H,9,11-15,17-18H2,1-2H3/t21-,22+,23-,24-,25+,26+,27+/m1/s1. The highest BCUT2D eigenvalue weighted by molar-refractivity contribution is 5.38. The lowest BCUT2D eigenvalue weighted by atomic mass is 9.47. The van der Waals surface area contributed by atoms with Gasteiger partial charge >= 0.3 is 0 Å². The number of hydrogen-bond acceptors (Lipinski definition) is 2. The minimum atomic E-state index is -0.883. The molecule has 2 heteroatoms. The smallest absolute Gasteiger partial charge is 0.131 e. The number of fused-ring (bicyclic) bond motifs is 5. The highest BCUT2D eigenvalue weighted by Gasteiger charge is 2.63. The minimum absolute atomic E-state index is 0.119. The first-order valence-electron chi connectivity index (χ1n) is 11.5. The van der Waals surface area contributed by atoms with E-state index in [1.54, 1.807) is 0 Å². The van der Waals surface area contributed by atoms with Gasteiger partial charge < -0.3 is 10.2 Å². The molecule has 0 aliphatic heterocycles. The quantitative estimate of drug-likeness (QED) is 0.478. The third-order valence-corrected chi connectivity index (χ3v) is 9.42. The van der Waals surface area contributed by atoms with E-state index in [2.05, 4.69) is 31.8 Å². The summed E-state index contributed by atoms with van der Waals surface area (Å²) in [6, 6.07) is 10.1. The molecule has 3 saturated carbocycles. The van der Waals surface area contributed by atoms with E-state index in [0.29, 0.717) is 17.8 Å². The molecule has 0 amide bonds. The Balaban J connectivity index is 1.45. The topological polar surface area (TPSA) is 40.5 Å². The average Bonchev–Trinajstić information content (AvgIpc) is 2.99. The van der Waals surface area contributed by atoms with Crippen LogP contribution in [-0.2, 0) is 0 Å². The SMILES string of the molecule is C[C@]12CC[C@@H](O)CC1=CC[C@H]1[C@H]2CC[C@@]2(C)[C@@H]1CC[C@@]2(O)C#Cc1ccccc1. The molecule has 5 rings (SSSR count). The molecule has 0 unspecified atom stereocenters. The largest absolute Gasteiger partial charge is 0.393 e. The first-order chi connectivity index (χ1) is 13.9. The molecule has 3 fully saturated rings. The maximum atomic E-state index is 11.7. The normalized spacial score (nSPS) is 45.9. The molecule has 0 radical (unpaired) electrons. The van der Waals surface area contributed by atoms with Crippen LogP contribution in [0.1, 0.15) is 70.8 Å². The van der Waals surface area contributed by atoms with Crippen LogP contribution in [0.3, 0.4) is 0 Å². The maximum absolute atomic E-state index is 11.7. The third kappa shape index (κ3) is 2.85. The van der Waals surface area contributed by atoms with E-state index in [1.807, 2.05) is 30.3 Å². The average molecular weight is 391 g/mol. The molecule has 4 aliphatic rings. The Hall–Kier alpha value is -1.56. The number of aliphatic hydroxyl groups excluding tert-OH is 1. The summed E-state index contributed by atoms with van der Waals surface area (Å²) in [6.07, 6.45) is 10.5. The van der Waals surface area contributed by atoms with Crippen molar-refractivity contribution in [1.29, 1.82) is 0 Å². The summed E-state index contributed by atoms with van der Waals surface area (Å²) >= 11 is 0. The van der Waals surface area contributed by atoms with Gasteiger partial charge in [0.15, 0.2) is 0 Å². The van der Waals surface area contributed by atoms with Crippen molar-refractivity contribution in [2.75, 3.05) is 0 Å². The van der Waals surface area contributed by atoms with Crippen molar-refractivity contribution in [2.24, 2.45) is 28.6 Å². The number of benzene rings is 1. The van der Waals surface area contributed by atoms with Gasteiger partial charge in [0, 0.05) is 11.0 Å². The molecule has 4 aliphatic carbocycles. The van der Waals surface area contributed by atoms with E-state index < -0.39 is 5.60 Å². The Morgan fingerprint density at radius 3 is 2.52 bits per heavy atom. The van der Waals surface area contributed by atoms with Crippen LogP contribution in [-0.4, -0.2) is 21.9 Å². The highest BCUT2D eigenvalue weighted by atomic mass is 16.3. The molecule has 1 aromatic carbocycles. The van der Waals surface area contributed by atoms with Crippen molar-refractivity contribution in [2.45, 2.75) is 76.9 Å². The van der Waals surface area contributed by atoms with E-state index in [4.69, 9.17) is 0 Å². The second-order valence-corrected chi connectivity index (χ2v) is 10.6. The van der Waals surface area contributed by atoms with Crippen LogP contribution in [0.2, 0.25) is 0 Å². The van der Waals surface area contributed by atoms with Crippen LogP contribution >= 0.6 is 0 Å². The van der Waals surface area contributed by atoms with Crippen molar-refractivity contribution < 1.29 is 10.2 Å². The van der Waals surface area contributed by atoms with Crippen molar-refractivity contribution in [3.63, 3.8) is 0 Å². The zero-order valence-electron chi connectivity index (χ0n) is 17.8. The molecule has 0 heterocycles. The second-order valence-electron chi connectivity index (χ2n) is 10.6. The Kier molecular flexibility index (Phi) is 4.50. The van der Waals surface area contributed by atoms with Crippen molar-refractivity contribution in [1.82, 2.24) is 0 Å². The molecule has 29 heavy (non-hydrogen) atoms. The van der Waals surface area contributed by atoms with Crippen LogP contribution in [0.4, 0.5) is 0 Å². The molecular formula is C27H34O2. The number of allylic oxidation sites excluding steroid dienone is 1. The predicted octanol–water partition coefficient (Wildman–Crippen LogP) is 5.09. The zero-order valence-corrected chi connectivity index (χ0v) is 17.8. The van der Waals surface area contributed by atoms with Gasteiger partial charge in [0.2, 0.25) is 0 Å². The first-order valence-corrected chi connectivity index (χ1v) is 11.5. The summed E-state index contributed by atoms with van der Waals surface area (Å²) < 4.78 is 0. The summed E-state index contributed by atoms with van der Waals surface area (Å²) in [4.78, 5) is 0. The zero-order chi connectivity index (χ0) is 20.3. The minimum Gasteiger partial charge on any atom is -0.393 e. The van der Waals surface area contributed by atoms with Gasteiger partial charge in [0.25, 0.3) is 0 Å². The summed E-state index contributed by atoms with van der Waals surface area (Å²) in [5.41, 5.74) is 1.75. The maximum Gasteiger partial charge on any atom is 0.131 e. The predicted molar refractivity (Wildman–Crippen MR) is 116 cm³/mol. The van der Waals surface area contributed by atoms with Gasteiger partial charge in [-0.25, -0.2) is 0 Å². The van der Waals surface area contributed by atoms with Crippen molar-refractivity contribution in [3.8, 4) is 11.8 Å². The Morgan fingerprint density at radius 2 is 1.72 bits per heavy atom. The van der Waals surface area contributed by atoms with Crippen LogP contribution in [0.15, 0.2) is 42.0 Å². The monoisotopic (exact) mass is 390 g/mol. The van der Waals surface area contributed by atoms with Crippen LogP contribution in [0.5, 0.6) is 0 Å². The molecule has 0 bridgehead atoms. The van der Waals surface area contributed by atoms with Gasteiger partial charge in [-0.1, -0.05) is 55.5 Å². The molecule has 0 spiro atoms. The van der Waals surface area contributed by atoms with Crippen molar-refractivity contribution >= 4 is 0 Å². The molecule has 154 valence electrons.